The Kier molecular flexibility index (Phi) is 4.94. The highest BCUT2D eigenvalue weighted by molar-refractivity contribution is 5.97. The van der Waals surface area contributed by atoms with Gasteiger partial charge in [-0.3, -0.25) is 4.79 Å². The molecule has 2 aromatic rings. The Labute approximate surface area is 130 Å². The van der Waals surface area contributed by atoms with Crippen LogP contribution < -0.4 is 5.32 Å². The number of hydrogen-bond acceptors (Lipinski definition) is 3. The second-order valence-electron chi connectivity index (χ2n) is 5.22. The Morgan fingerprint density at radius 3 is 2.27 bits per heavy atom. The molecule has 1 amide bonds. The van der Waals surface area contributed by atoms with Gasteiger partial charge >= 0.3 is 5.97 Å². The summed E-state index contributed by atoms with van der Waals surface area (Å²) in [7, 11) is 0. The van der Waals surface area contributed by atoms with Crippen molar-refractivity contribution in [2.45, 2.75) is 26.9 Å². The summed E-state index contributed by atoms with van der Waals surface area (Å²) >= 11 is 0. The van der Waals surface area contributed by atoms with Crippen LogP contribution in [0, 0.1) is 13.8 Å². The van der Waals surface area contributed by atoms with Crippen molar-refractivity contribution in [1.82, 2.24) is 0 Å². The van der Waals surface area contributed by atoms with E-state index in [0.717, 1.165) is 11.1 Å². The first-order valence-corrected chi connectivity index (χ1v) is 7.11. The first-order valence-electron chi connectivity index (χ1n) is 7.11. The van der Waals surface area contributed by atoms with Gasteiger partial charge in [-0.15, -0.1) is 0 Å². The van der Waals surface area contributed by atoms with Crippen LogP contribution in [0.1, 0.15) is 28.4 Å². The van der Waals surface area contributed by atoms with Crippen LogP contribution in [0.3, 0.4) is 0 Å². The number of anilines is 1. The number of aryl methyl sites for hydroxylation is 2. The molecule has 4 heteroatoms. The lowest BCUT2D eigenvalue weighted by atomic mass is 10.1. The van der Waals surface area contributed by atoms with E-state index in [-0.39, 0.29) is 5.91 Å². The average molecular weight is 297 g/mol. The number of benzene rings is 2. The molecule has 0 saturated carbocycles. The Morgan fingerprint density at radius 1 is 1.00 bits per heavy atom. The molecule has 0 aliphatic heterocycles. The fraction of sp³-hybridized carbons (Fsp3) is 0.222. The van der Waals surface area contributed by atoms with Crippen molar-refractivity contribution in [2.24, 2.45) is 0 Å². The SMILES string of the molecule is Cc1ccc(C(=O)OC(C)C(=O)Nc2ccccc2C)cc1. The zero-order valence-electron chi connectivity index (χ0n) is 12.9. The molecule has 0 radical (unpaired) electrons. The molecule has 2 rings (SSSR count). The van der Waals surface area contributed by atoms with E-state index in [4.69, 9.17) is 4.74 Å². The number of para-hydroxylation sites is 1. The van der Waals surface area contributed by atoms with Gasteiger partial charge in [0.25, 0.3) is 5.91 Å². The minimum atomic E-state index is -0.867. The number of amides is 1. The van der Waals surface area contributed by atoms with Crippen LogP contribution >= 0.6 is 0 Å². The van der Waals surface area contributed by atoms with Crippen LogP contribution in [0.4, 0.5) is 5.69 Å². The summed E-state index contributed by atoms with van der Waals surface area (Å²) in [6, 6.07) is 14.5. The average Bonchev–Trinajstić information content (AvgIpc) is 2.50. The molecule has 1 N–H and O–H groups in total. The summed E-state index contributed by atoms with van der Waals surface area (Å²) in [4.78, 5) is 24.1. The van der Waals surface area contributed by atoms with E-state index < -0.39 is 12.1 Å². The topological polar surface area (TPSA) is 55.4 Å². The van der Waals surface area contributed by atoms with E-state index in [2.05, 4.69) is 5.32 Å². The molecule has 0 aromatic heterocycles. The maximum atomic E-state index is 12.1. The third-order valence-corrected chi connectivity index (χ3v) is 3.34. The first kappa shape index (κ1) is 15.8. The molecule has 1 atom stereocenters. The fourth-order valence-corrected chi connectivity index (χ4v) is 1.92. The highest BCUT2D eigenvalue weighted by atomic mass is 16.5. The van der Waals surface area contributed by atoms with Crippen LogP contribution in [0.15, 0.2) is 48.5 Å². The van der Waals surface area contributed by atoms with E-state index in [1.54, 1.807) is 19.1 Å². The van der Waals surface area contributed by atoms with Gasteiger partial charge < -0.3 is 10.1 Å². The summed E-state index contributed by atoms with van der Waals surface area (Å²) in [6.45, 7) is 5.39. The predicted octanol–water partition coefficient (Wildman–Crippen LogP) is 3.49. The number of hydrogen-bond donors (Lipinski definition) is 1. The normalized spacial score (nSPS) is 11.6. The van der Waals surface area contributed by atoms with Gasteiger partial charge in [0.05, 0.1) is 5.56 Å². The highest BCUT2D eigenvalue weighted by Gasteiger charge is 2.19. The van der Waals surface area contributed by atoms with Crippen molar-refractivity contribution >= 4 is 17.6 Å². The van der Waals surface area contributed by atoms with Gasteiger partial charge in [-0.25, -0.2) is 4.79 Å². The molecule has 0 saturated heterocycles. The smallest absolute Gasteiger partial charge is 0.338 e. The second-order valence-corrected chi connectivity index (χ2v) is 5.22. The molecule has 0 bridgehead atoms. The lowest BCUT2D eigenvalue weighted by Gasteiger charge is -2.14. The van der Waals surface area contributed by atoms with Crippen LogP contribution in [-0.4, -0.2) is 18.0 Å². The largest absolute Gasteiger partial charge is 0.449 e. The van der Waals surface area contributed by atoms with Crippen LogP contribution in [0.2, 0.25) is 0 Å². The predicted molar refractivity (Wildman–Crippen MR) is 85.9 cm³/mol. The van der Waals surface area contributed by atoms with E-state index in [1.165, 1.54) is 0 Å². The molecule has 0 heterocycles. The van der Waals surface area contributed by atoms with Crippen molar-refractivity contribution in [3.63, 3.8) is 0 Å². The summed E-state index contributed by atoms with van der Waals surface area (Å²) in [5.74, 6) is -0.859. The van der Waals surface area contributed by atoms with Gasteiger partial charge in [0, 0.05) is 5.69 Å². The quantitative estimate of drug-likeness (QED) is 0.879. The van der Waals surface area contributed by atoms with Gasteiger partial charge in [-0.2, -0.15) is 0 Å². The second kappa shape index (κ2) is 6.89. The zero-order chi connectivity index (χ0) is 16.1. The molecular formula is C18H19NO3. The maximum absolute atomic E-state index is 12.1. The summed E-state index contributed by atoms with van der Waals surface area (Å²) in [6.07, 6.45) is -0.867. The summed E-state index contributed by atoms with van der Waals surface area (Å²) in [5, 5.41) is 2.76. The maximum Gasteiger partial charge on any atom is 0.338 e. The molecule has 0 fully saturated rings. The summed E-state index contributed by atoms with van der Waals surface area (Å²) in [5.41, 5.74) is 3.15. The van der Waals surface area contributed by atoms with Gasteiger partial charge in [0.1, 0.15) is 0 Å². The number of nitrogens with one attached hydrogen (secondary N) is 1. The molecule has 0 aliphatic carbocycles. The monoisotopic (exact) mass is 297 g/mol. The molecule has 22 heavy (non-hydrogen) atoms. The third-order valence-electron chi connectivity index (χ3n) is 3.34. The molecular weight excluding hydrogens is 278 g/mol. The Balaban J connectivity index is 1.98. The Bertz CT molecular complexity index is 677. The van der Waals surface area contributed by atoms with Crippen molar-refractivity contribution in [1.29, 1.82) is 0 Å². The number of esters is 1. The molecule has 0 aliphatic rings. The Morgan fingerprint density at radius 2 is 1.64 bits per heavy atom. The standard InChI is InChI=1S/C18H19NO3/c1-12-8-10-15(11-9-12)18(21)22-14(3)17(20)19-16-7-5-4-6-13(16)2/h4-11,14H,1-3H3,(H,19,20). The fourth-order valence-electron chi connectivity index (χ4n) is 1.92. The molecule has 114 valence electrons. The van der Waals surface area contributed by atoms with Gasteiger partial charge in [0.2, 0.25) is 0 Å². The number of rotatable bonds is 4. The van der Waals surface area contributed by atoms with Crippen molar-refractivity contribution in [2.75, 3.05) is 5.32 Å². The van der Waals surface area contributed by atoms with E-state index in [0.29, 0.717) is 11.3 Å². The molecule has 1 unspecified atom stereocenters. The van der Waals surface area contributed by atoms with E-state index in [1.807, 2.05) is 50.2 Å². The lowest BCUT2D eigenvalue weighted by Crippen LogP contribution is -2.30. The molecule has 0 spiro atoms. The number of carbonyl (C=O) groups is 2. The minimum Gasteiger partial charge on any atom is -0.449 e. The third kappa shape index (κ3) is 3.95. The van der Waals surface area contributed by atoms with Gasteiger partial charge in [-0.05, 0) is 44.5 Å². The summed E-state index contributed by atoms with van der Waals surface area (Å²) < 4.78 is 5.20. The van der Waals surface area contributed by atoms with Crippen molar-refractivity contribution in [3.05, 3.63) is 65.2 Å². The van der Waals surface area contributed by atoms with Crippen LogP contribution in [0.5, 0.6) is 0 Å². The minimum absolute atomic E-state index is 0.352. The highest BCUT2D eigenvalue weighted by Crippen LogP contribution is 2.14. The number of carbonyl (C=O) groups excluding carboxylic acids is 2. The van der Waals surface area contributed by atoms with Crippen LogP contribution in [-0.2, 0) is 9.53 Å². The van der Waals surface area contributed by atoms with E-state index in [9.17, 15) is 9.59 Å². The van der Waals surface area contributed by atoms with Crippen molar-refractivity contribution in [3.8, 4) is 0 Å². The van der Waals surface area contributed by atoms with E-state index >= 15 is 0 Å². The molecule has 2 aromatic carbocycles. The zero-order valence-corrected chi connectivity index (χ0v) is 12.9. The first-order chi connectivity index (χ1) is 10.5. The van der Waals surface area contributed by atoms with Gasteiger partial charge in [-0.1, -0.05) is 35.9 Å². The van der Waals surface area contributed by atoms with Crippen molar-refractivity contribution < 1.29 is 14.3 Å². The van der Waals surface area contributed by atoms with Crippen LogP contribution in [0.25, 0.3) is 0 Å². The lowest BCUT2D eigenvalue weighted by molar-refractivity contribution is -0.123. The molecule has 4 nitrogen and oxygen atoms in total. The van der Waals surface area contributed by atoms with Gasteiger partial charge in [0.15, 0.2) is 6.10 Å². The number of ether oxygens (including phenoxy) is 1. The Hall–Kier alpha value is -2.62.